The second kappa shape index (κ2) is 2.91. The van der Waals surface area contributed by atoms with Crippen molar-refractivity contribution in [3.8, 4) is 0 Å². The molecule has 0 unspecified atom stereocenters. The average molecular weight is 186 g/mol. The van der Waals surface area contributed by atoms with Gasteiger partial charge in [0, 0.05) is 5.69 Å². The van der Waals surface area contributed by atoms with Crippen LogP contribution in [0.5, 0.6) is 0 Å². The Hall–Kier alpha value is -1.42. The summed E-state index contributed by atoms with van der Waals surface area (Å²) in [6.07, 6.45) is 0. The van der Waals surface area contributed by atoms with Crippen molar-refractivity contribution in [1.29, 1.82) is 0 Å². The second-order valence-electron chi connectivity index (χ2n) is 2.35. The molecule has 0 bridgehead atoms. The normalized spacial score (nSPS) is 9.67. The van der Waals surface area contributed by atoms with Crippen LogP contribution in [0.25, 0.3) is 10.9 Å². The van der Waals surface area contributed by atoms with Gasteiger partial charge in [0.05, 0.1) is 10.9 Å². The summed E-state index contributed by atoms with van der Waals surface area (Å²) >= 11 is 0. The number of benzene rings is 1. The molecule has 2 rings (SSSR count). The molecule has 4 N–H and O–H groups in total. The lowest BCUT2D eigenvalue weighted by molar-refractivity contribution is 1.08. The van der Waals surface area contributed by atoms with Crippen LogP contribution in [0.15, 0.2) is 23.0 Å². The van der Waals surface area contributed by atoms with Crippen LogP contribution in [-0.4, -0.2) is 10.2 Å². The van der Waals surface area contributed by atoms with E-state index in [1.54, 1.807) is 18.2 Å². The summed E-state index contributed by atoms with van der Waals surface area (Å²) in [4.78, 5) is 11.0. The fraction of sp³-hybridized carbons (Fsp3) is 0. The summed E-state index contributed by atoms with van der Waals surface area (Å²) in [5.74, 6) is 0. The first-order chi connectivity index (χ1) is 5.29. The first-order valence-corrected chi connectivity index (χ1v) is 3.24. The van der Waals surface area contributed by atoms with Crippen molar-refractivity contribution in [2.45, 2.75) is 0 Å². The molecule has 0 saturated carbocycles. The summed E-state index contributed by atoms with van der Waals surface area (Å²) in [6, 6.07) is 5.29. The lowest BCUT2D eigenvalue weighted by Gasteiger charge is -1.90. The quantitative estimate of drug-likeness (QED) is 0.533. The Labute approximate surface area is 74.2 Å². The third-order valence-electron chi connectivity index (χ3n) is 1.63. The number of aromatic amines is 2. The van der Waals surface area contributed by atoms with Gasteiger partial charge in [-0.05, 0) is 12.1 Å². The van der Waals surface area contributed by atoms with Gasteiger partial charge in [0.15, 0.2) is 0 Å². The standard InChI is InChI=1S/C7H7N3O.ClH/c8-4-2-1-3-5-6(4)7(11)10-9-5;/h1-3H,8H2,(H2,9,10,11);1H. The Bertz CT molecular complexity index is 445. The summed E-state index contributed by atoms with van der Waals surface area (Å²) < 4.78 is 0. The molecule has 0 amide bonds. The van der Waals surface area contributed by atoms with E-state index >= 15 is 0 Å². The second-order valence-corrected chi connectivity index (χ2v) is 2.35. The van der Waals surface area contributed by atoms with E-state index in [0.29, 0.717) is 11.1 Å². The van der Waals surface area contributed by atoms with Gasteiger partial charge in [-0.2, -0.15) is 0 Å². The Morgan fingerprint density at radius 1 is 1.25 bits per heavy atom. The number of halogens is 1. The van der Waals surface area contributed by atoms with Gasteiger partial charge in [-0.1, -0.05) is 6.07 Å². The Balaban J connectivity index is 0.000000720. The lowest BCUT2D eigenvalue weighted by atomic mass is 10.2. The molecule has 0 fully saturated rings. The van der Waals surface area contributed by atoms with Gasteiger partial charge in [0.25, 0.3) is 5.56 Å². The number of H-pyrrole nitrogens is 2. The summed E-state index contributed by atoms with van der Waals surface area (Å²) in [6.45, 7) is 0. The maximum Gasteiger partial charge on any atom is 0.273 e. The number of hydrogen-bond acceptors (Lipinski definition) is 2. The Morgan fingerprint density at radius 2 is 2.00 bits per heavy atom. The molecular formula is C7H8ClN3O. The number of nitrogens with one attached hydrogen (secondary N) is 2. The number of rotatable bonds is 0. The van der Waals surface area contributed by atoms with Gasteiger partial charge < -0.3 is 5.73 Å². The molecule has 0 radical (unpaired) electrons. The van der Waals surface area contributed by atoms with Crippen LogP contribution >= 0.6 is 12.4 Å². The molecule has 64 valence electrons. The Morgan fingerprint density at radius 3 is 2.67 bits per heavy atom. The van der Waals surface area contributed by atoms with Crippen LogP contribution in [0.2, 0.25) is 0 Å². The van der Waals surface area contributed by atoms with Crippen molar-refractivity contribution in [3.63, 3.8) is 0 Å². The fourth-order valence-corrected chi connectivity index (χ4v) is 1.11. The van der Waals surface area contributed by atoms with Crippen LogP contribution in [-0.2, 0) is 0 Å². The maximum absolute atomic E-state index is 11.0. The van der Waals surface area contributed by atoms with E-state index in [-0.39, 0.29) is 18.0 Å². The number of aromatic nitrogens is 2. The van der Waals surface area contributed by atoms with Crippen LogP contribution in [0, 0.1) is 0 Å². The molecule has 0 saturated heterocycles. The molecule has 1 heterocycles. The fourth-order valence-electron chi connectivity index (χ4n) is 1.11. The van der Waals surface area contributed by atoms with Crippen LogP contribution in [0.3, 0.4) is 0 Å². The summed E-state index contributed by atoms with van der Waals surface area (Å²) in [5.41, 5.74) is 6.64. The predicted molar refractivity (Wildman–Crippen MR) is 50.6 cm³/mol. The van der Waals surface area contributed by atoms with Gasteiger partial charge in [0.1, 0.15) is 0 Å². The van der Waals surface area contributed by atoms with E-state index in [4.69, 9.17) is 5.73 Å². The van der Waals surface area contributed by atoms with Crippen molar-refractivity contribution in [3.05, 3.63) is 28.6 Å². The zero-order chi connectivity index (χ0) is 7.84. The van der Waals surface area contributed by atoms with Crippen molar-refractivity contribution in [2.24, 2.45) is 0 Å². The van der Waals surface area contributed by atoms with E-state index in [1.165, 1.54) is 0 Å². The largest absolute Gasteiger partial charge is 0.398 e. The third kappa shape index (κ3) is 1.06. The molecule has 0 aliphatic rings. The highest BCUT2D eigenvalue weighted by Crippen LogP contribution is 2.12. The van der Waals surface area contributed by atoms with E-state index in [0.717, 1.165) is 5.52 Å². The van der Waals surface area contributed by atoms with Gasteiger partial charge in [-0.15, -0.1) is 12.4 Å². The van der Waals surface area contributed by atoms with Crippen molar-refractivity contribution in [2.75, 3.05) is 5.73 Å². The maximum atomic E-state index is 11.0. The zero-order valence-electron chi connectivity index (χ0n) is 6.13. The number of hydrogen-bond donors (Lipinski definition) is 3. The molecule has 1 aromatic heterocycles. The van der Waals surface area contributed by atoms with Crippen LogP contribution < -0.4 is 11.3 Å². The lowest BCUT2D eigenvalue weighted by Crippen LogP contribution is -2.00. The minimum absolute atomic E-state index is 0. The molecule has 0 spiro atoms. The molecular weight excluding hydrogens is 178 g/mol. The highest BCUT2D eigenvalue weighted by atomic mass is 35.5. The molecule has 5 heteroatoms. The molecule has 12 heavy (non-hydrogen) atoms. The first-order valence-electron chi connectivity index (χ1n) is 3.24. The molecule has 1 aromatic carbocycles. The molecule has 0 aliphatic carbocycles. The highest BCUT2D eigenvalue weighted by Gasteiger charge is 2.01. The highest BCUT2D eigenvalue weighted by molar-refractivity contribution is 5.89. The smallest absolute Gasteiger partial charge is 0.273 e. The number of nitrogen functional groups attached to an aromatic ring is 1. The monoisotopic (exact) mass is 185 g/mol. The van der Waals surface area contributed by atoms with Gasteiger partial charge >= 0.3 is 0 Å². The van der Waals surface area contributed by atoms with Gasteiger partial charge in [0.2, 0.25) is 0 Å². The SMILES string of the molecule is Cl.Nc1cccc2[nH][nH]c(=O)c12. The van der Waals surface area contributed by atoms with E-state index in [2.05, 4.69) is 10.2 Å². The summed E-state index contributed by atoms with van der Waals surface area (Å²) in [7, 11) is 0. The van der Waals surface area contributed by atoms with Crippen LogP contribution in [0.1, 0.15) is 0 Å². The summed E-state index contributed by atoms with van der Waals surface area (Å²) in [5, 5.41) is 5.70. The van der Waals surface area contributed by atoms with Crippen LogP contribution in [0.4, 0.5) is 5.69 Å². The van der Waals surface area contributed by atoms with Crippen molar-refractivity contribution in [1.82, 2.24) is 10.2 Å². The topological polar surface area (TPSA) is 74.7 Å². The van der Waals surface area contributed by atoms with E-state index in [9.17, 15) is 4.79 Å². The van der Waals surface area contributed by atoms with E-state index in [1.807, 2.05) is 0 Å². The predicted octanol–water partition coefficient (Wildman–Crippen LogP) is 0.860. The Kier molecular flexibility index (Phi) is 2.10. The van der Waals surface area contributed by atoms with Crippen molar-refractivity contribution >= 4 is 29.0 Å². The molecule has 4 nitrogen and oxygen atoms in total. The number of nitrogens with two attached hydrogens (primary N) is 1. The minimum atomic E-state index is -0.168. The minimum Gasteiger partial charge on any atom is -0.398 e. The molecule has 2 aromatic rings. The van der Waals surface area contributed by atoms with Gasteiger partial charge in [-0.3, -0.25) is 15.0 Å². The molecule has 0 atom stereocenters. The van der Waals surface area contributed by atoms with E-state index < -0.39 is 0 Å². The zero-order valence-corrected chi connectivity index (χ0v) is 6.94. The first kappa shape index (κ1) is 8.67. The average Bonchev–Trinajstić information content (AvgIpc) is 2.34. The third-order valence-corrected chi connectivity index (χ3v) is 1.63. The number of anilines is 1. The van der Waals surface area contributed by atoms with Gasteiger partial charge in [-0.25, -0.2) is 0 Å². The molecule has 0 aliphatic heterocycles. The van der Waals surface area contributed by atoms with Crippen molar-refractivity contribution < 1.29 is 0 Å². The number of fused-ring (bicyclic) bond motifs is 1.